The average molecular weight is 188 g/mol. The van der Waals surface area contributed by atoms with Crippen molar-refractivity contribution >= 4 is 5.78 Å². The third-order valence-corrected chi connectivity index (χ3v) is 3.41. The fourth-order valence-electron chi connectivity index (χ4n) is 2.52. The van der Waals surface area contributed by atoms with Gasteiger partial charge in [0.15, 0.2) is 0 Å². The molecule has 0 amide bonds. The van der Waals surface area contributed by atoms with Crippen LogP contribution in [0.25, 0.3) is 0 Å². The Labute approximate surface area is 76.5 Å². The van der Waals surface area contributed by atoms with Gasteiger partial charge in [-0.05, 0) is 12.8 Å². The zero-order valence-corrected chi connectivity index (χ0v) is 7.89. The van der Waals surface area contributed by atoms with E-state index < -0.39 is 17.8 Å². The molecule has 2 atom stereocenters. The molecule has 2 saturated carbocycles. The Morgan fingerprint density at radius 2 is 1.77 bits per heavy atom. The third kappa shape index (κ3) is 1.20. The van der Waals surface area contributed by atoms with E-state index in [1.807, 2.05) is 13.8 Å². The molecule has 2 rings (SSSR count). The fraction of sp³-hybridized carbons (Fsp3) is 0.900. The van der Waals surface area contributed by atoms with Crippen molar-refractivity contribution in [3.05, 3.63) is 0 Å². The standard InChI is InChI=1S/C10H14F2O/c1-5(2)9(13)6-3-7-8(4-6)10(7,11)12/h5-8H,3-4H2,1-2H3. The number of carbonyl (C=O) groups is 1. The molecule has 74 valence electrons. The first kappa shape index (κ1) is 9.10. The van der Waals surface area contributed by atoms with E-state index in [0.29, 0.717) is 12.8 Å². The predicted octanol–water partition coefficient (Wildman–Crippen LogP) is 2.50. The van der Waals surface area contributed by atoms with Gasteiger partial charge < -0.3 is 0 Å². The van der Waals surface area contributed by atoms with Crippen molar-refractivity contribution in [1.82, 2.24) is 0 Å². The van der Waals surface area contributed by atoms with Gasteiger partial charge >= 0.3 is 0 Å². The lowest BCUT2D eigenvalue weighted by molar-refractivity contribution is -0.126. The zero-order valence-electron chi connectivity index (χ0n) is 7.89. The number of Topliss-reactive ketones (excluding diaryl/α,β-unsaturated/α-hetero) is 1. The van der Waals surface area contributed by atoms with Crippen LogP contribution in [0.4, 0.5) is 8.78 Å². The smallest absolute Gasteiger partial charge is 0.254 e. The van der Waals surface area contributed by atoms with Gasteiger partial charge in [-0.2, -0.15) is 0 Å². The van der Waals surface area contributed by atoms with E-state index in [1.54, 1.807) is 0 Å². The minimum absolute atomic E-state index is 0.00359. The molecule has 3 heteroatoms. The van der Waals surface area contributed by atoms with Crippen LogP contribution in [0.1, 0.15) is 26.7 Å². The lowest BCUT2D eigenvalue weighted by Crippen LogP contribution is -2.21. The lowest BCUT2D eigenvalue weighted by atomic mass is 9.91. The van der Waals surface area contributed by atoms with Crippen molar-refractivity contribution in [2.75, 3.05) is 0 Å². The van der Waals surface area contributed by atoms with Crippen LogP contribution >= 0.6 is 0 Å². The molecular weight excluding hydrogens is 174 g/mol. The zero-order chi connectivity index (χ0) is 9.80. The van der Waals surface area contributed by atoms with Crippen molar-refractivity contribution in [3.8, 4) is 0 Å². The van der Waals surface area contributed by atoms with Crippen molar-refractivity contribution in [3.63, 3.8) is 0 Å². The molecule has 0 N–H and O–H groups in total. The lowest BCUT2D eigenvalue weighted by Gasteiger charge is -2.14. The van der Waals surface area contributed by atoms with Crippen LogP contribution in [0, 0.1) is 23.7 Å². The Morgan fingerprint density at radius 3 is 2.15 bits per heavy atom. The Bertz CT molecular complexity index is 233. The first-order chi connectivity index (χ1) is 5.94. The molecular formula is C10H14F2O. The summed E-state index contributed by atoms with van der Waals surface area (Å²) in [5.74, 6) is -3.29. The maximum atomic E-state index is 12.8. The summed E-state index contributed by atoms with van der Waals surface area (Å²) in [6, 6.07) is 0. The minimum Gasteiger partial charge on any atom is -0.299 e. The number of rotatable bonds is 2. The molecule has 0 heterocycles. The summed E-state index contributed by atoms with van der Waals surface area (Å²) in [5, 5.41) is 0. The van der Waals surface area contributed by atoms with Crippen molar-refractivity contribution in [2.24, 2.45) is 23.7 Å². The minimum atomic E-state index is -2.44. The van der Waals surface area contributed by atoms with Crippen LogP contribution in [-0.2, 0) is 4.79 Å². The highest BCUT2D eigenvalue weighted by Crippen LogP contribution is 2.65. The van der Waals surface area contributed by atoms with Crippen molar-refractivity contribution in [1.29, 1.82) is 0 Å². The van der Waals surface area contributed by atoms with Crippen molar-refractivity contribution < 1.29 is 13.6 Å². The largest absolute Gasteiger partial charge is 0.299 e. The third-order valence-electron chi connectivity index (χ3n) is 3.41. The number of ketones is 1. The van der Waals surface area contributed by atoms with Crippen LogP contribution in [0.2, 0.25) is 0 Å². The van der Waals surface area contributed by atoms with Gasteiger partial charge in [-0.1, -0.05) is 13.8 Å². The van der Waals surface area contributed by atoms with Crippen molar-refractivity contribution in [2.45, 2.75) is 32.6 Å². The SMILES string of the molecule is CC(C)C(=O)C1CC2C(C1)C2(F)F. The van der Waals surface area contributed by atoms with Gasteiger partial charge in [-0.25, -0.2) is 8.78 Å². The predicted molar refractivity (Wildman–Crippen MR) is 44.5 cm³/mol. The molecule has 2 unspecified atom stereocenters. The normalized spacial score (nSPS) is 40.5. The van der Waals surface area contributed by atoms with E-state index in [9.17, 15) is 13.6 Å². The topological polar surface area (TPSA) is 17.1 Å². The highest BCUT2D eigenvalue weighted by atomic mass is 19.3. The fourth-order valence-corrected chi connectivity index (χ4v) is 2.52. The number of alkyl halides is 2. The molecule has 1 nitrogen and oxygen atoms in total. The van der Waals surface area contributed by atoms with E-state index in [-0.39, 0.29) is 17.6 Å². The molecule has 2 fully saturated rings. The van der Waals surface area contributed by atoms with Crippen LogP contribution < -0.4 is 0 Å². The number of halogens is 2. The summed E-state index contributed by atoms with van der Waals surface area (Å²) in [4.78, 5) is 11.5. The van der Waals surface area contributed by atoms with Gasteiger partial charge in [-0.3, -0.25) is 4.79 Å². The number of hydrogen-bond donors (Lipinski definition) is 0. The van der Waals surface area contributed by atoms with E-state index in [4.69, 9.17) is 0 Å². The summed E-state index contributed by atoms with van der Waals surface area (Å²) in [6.07, 6.45) is 0.851. The van der Waals surface area contributed by atoms with Crippen LogP contribution in [-0.4, -0.2) is 11.7 Å². The van der Waals surface area contributed by atoms with Gasteiger partial charge in [0.05, 0.1) is 0 Å². The second-order valence-corrected chi connectivity index (χ2v) is 4.61. The Balaban J connectivity index is 1.94. The van der Waals surface area contributed by atoms with Gasteiger partial charge in [0.2, 0.25) is 0 Å². The van der Waals surface area contributed by atoms with E-state index in [1.165, 1.54) is 0 Å². The van der Waals surface area contributed by atoms with E-state index in [2.05, 4.69) is 0 Å². The van der Waals surface area contributed by atoms with Gasteiger partial charge in [0.1, 0.15) is 5.78 Å². The van der Waals surface area contributed by atoms with Gasteiger partial charge in [0, 0.05) is 23.7 Å². The number of carbonyl (C=O) groups excluding carboxylic acids is 1. The molecule has 0 aromatic carbocycles. The molecule has 0 aliphatic heterocycles. The summed E-state index contributed by atoms with van der Waals surface area (Å²) in [5.41, 5.74) is 0. The van der Waals surface area contributed by atoms with Crippen LogP contribution in [0.5, 0.6) is 0 Å². The second kappa shape index (κ2) is 2.52. The maximum Gasteiger partial charge on any atom is 0.254 e. The molecule has 0 spiro atoms. The molecule has 2 aliphatic carbocycles. The summed E-state index contributed by atoms with van der Waals surface area (Å²) < 4.78 is 25.5. The first-order valence-corrected chi connectivity index (χ1v) is 4.86. The summed E-state index contributed by atoms with van der Waals surface area (Å²) in [6.45, 7) is 3.68. The Hall–Kier alpha value is -0.470. The average Bonchev–Trinajstić information content (AvgIpc) is 2.53. The molecule has 0 radical (unpaired) electrons. The molecule has 2 aliphatic rings. The monoisotopic (exact) mass is 188 g/mol. The Morgan fingerprint density at radius 1 is 1.31 bits per heavy atom. The first-order valence-electron chi connectivity index (χ1n) is 4.86. The highest BCUT2D eigenvalue weighted by Gasteiger charge is 2.72. The van der Waals surface area contributed by atoms with Crippen LogP contribution in [0.3, 0.4) is 0 Å². The molecule has 0 bridgehead atoms. The van der Waals surface area contributed by atoms with E-state index in [0.717, 1.165) is 0 Å². The molecule has 0 aromatic rings. The molecule has 0 aromatic heterocycles. The van der Waals surface area contributed by atoms with E-state index >= 15 is 0 Å². The van der Waals surface area contributed by atoms with Gasteiger partial charge in [-0.15, -0.1) is 0 Å². The summed E-state index contributed by atoms with van der Waals surface area (Å²) >= 11 is 0. The van der Waals surface area contributed by atoms with Gasteiger partial charge in [0.25, 0.3) is 5.92 Å². The summed E-state index contributed by atoms with van der Waals surface area (Å²) in [7, 11) is 0. The maximum absolute atomic E-state index is 12.8. The molecule has 13 heavy (non-hydrogen) atoms. The Kier molecular flexibility index (Phi) is 1.76. The van der Waals surface area contributed by atoms with Crippen LogP contribution in [0.15, 0.2) is 0 Å². The second-order valence-electron chi connectivity index (χ2n) is 4.61. The number of fused-ring (bicyclic) bond motifs is 1. The number of hydrogen-bond acceptors (Lipinski definition) is 1. The quantitative estimate of drug-likeness (QED) is 0.650. The highest BCUT2D eigenvalue weighted by molar-refractivity contribution is 5.83. The molecule has 0 saturated heterocycles.